The highest BCUT2D eigenvalue weighted by Gasteiger charge is 2.09. The molecule has 7 nitrogen and oxygen atoms in total. The molecule has 0 atom stereocenters. The highest BCUT2D eigenvalue weighted by atomic mass is 16.5. The van der Waals surface area contributed by atoms with Crippen LogP contribution in [0.5, 0.6) is 5.75 Å². The van der Waals surface area contributed by atoms with Gasteiger partial charge in [0.1, 0.15) is 12.4 Å². The van der Waals surface area contributed by atoms with E-state index in [-0.39, 0.29) is 18.4 Å². The van der Waals surface area contributed by atoms with E-state index in [0.29, 0.717) is 49.1 Å². The molecule has 0 unspecified atom stereocenters. The summed E-state index contributed by atoms with van der Waals surface area (Å²) >= 11 is 0. The second-order valence-corrected chi connectivity index (χ2v) is 6.63. The zero-order chi connectivity index (χ0) is 21.6. The van der Waals surface area contributed by atoms with Crippen molar-refractivity contribution < 1.29 is 19.1 Å². The summed E-state index contributed by atoms with van der Waals surface area (Å²) in [5, 5.41) is 8.79. The van der Waals surface area contributed by atoms with Crippen LogP contribution in [0.25, 0.3) is 0 Å². The van der Waals surface area contributed by atoms with Crippen LogP contribution < -0.4 is 20.7 Å². The summed E-state index contributed by atoms with van der Waals surface area (Å²) in [6.45, 7) is 6.25. The van der Waals surface area contributed by atoms with Crippen LogP contribution in [-0.2, 0) is 9.53 Å². The van der Waals surface area contributed by atoms with Gasteiger partial charge in [0, 0.05) is 24.4 Å². The fourth-order valence-corrected chi connectivity index (χ4v) is 2.68. The molecule has 0 saturated heterocycles. The number of rotatable bonds is 13. The predicted octanol–water partition coefficient (Wildman–Crippen LogP) is 3.68. The molecule has 0 fully saturated rings. The van der Waals surface area contributed by atoms with Crippen LogP contribution in [0.3, 0.4) is 0 Å². The maximum absolute atomic E-state index is 12.4. The second kappa shape index (κ2) is 13.2. The molecular weight excluding hydrogens is 382 g/mol. The number of carbonyl (C=O) groups is 2. The number of hydrogen-bond donors (Lipinski definition) is 3. The summed E-state index contributed by atoms with van der Waals surface area (Å²) in [5.41, 5.74) is 1.86. The molecule has 2 aromatic carbocycles. The van der Waals surface area contributed by atoms with Gasteiger partial charge in [0.2, 0.25) is 5.91 Å². The van der Waals surface area contributed by atoms with Gasteiger partial charge >= 0.3 is 0 Å². The second-order valence-electron chi connectivity index (χ2n) is 6.63. The van der Waals surface area contributed by atoms with Crippen LogP contribution in [0.4, 0.5) is 11.4 Å². The molecule has 2 amide bonds. The van der Waals surface area contributed by atoms with E-state index in [2.05, 4.69) is 22.9 Å². The number of benzene rings is 2. The summed E-state index contributed by atoms with van der Waals surface area (Å²) in [4.78, 5) is 24.5. The van der Waals surface area contributed by atoms with Crippen LogP contribution in [0.2, 0.25) is 0 Å². The molecule has 0 radical (unpaired) electrons. The number of carbonyl (C=O) groups excluding carboxylic acids is 2. The molecule has 7 heteroatoms. The Balaban J connectivity index is 1.86. The van der Waals surface area contributed by atoms with Gasteiger partial charge in [-0.05, 0) is 43.7 Å². The van der Waals surface area contributed by atoms with Crippen molar-refractivity contribution >= 4 is 23.2 Å². The van der Waals surface area contributed by atoms with Crippen LogP contribution >= 0.6 is 0 Å². The van der Waals surface area contributed by atoms with Gasteiger partial charge in [-0.25, -0.2) is 0 Å². The van der Waals surface area contributed by atoms with Gasteiger partial charge < -0.3 is 25.4 Å². The standard InChI is InChI=1S/C23H31N3O4/c1-3-5-13-24-23(28)18-9-8-10-19(16-18)25-17-22(27)26-20-11-6-7-12-21(20)30-15-14-29-4-2/h6-12,16,25H,3-5,13-15,17H2,1-2H3,(H,24,28)(H,26,27). The molecule has 162 valence electrons. The summed E-state index contributed by atoms with van der Waals surface area (Å²) in [6.07, 6.45) is 1.97. The fourth-order valence-electron chi connectivity index (χ4n) is 2.68. The van der Waals surface area contributed by atoms with E-state index in [0.717, 1.165) is 12.8 Å². The number of nitrogens with one attached hydrogen (secondary N) is 3. The largest absolute Gasteiger partial charge is 0.489 e. The molecule has 0 aliphatic carbocycles. The first-order valence-electron chi connectivity index (χ1n) is 10.4. The van der Waals surface area contributed by atoms with E-state index in [1.807, 2.05) is 25.1 Å². The molecule has 0 heterocycles. The lowest BCUT2D eigenvalue weighted by Crippen LogP contribution is -2.25. The third-order valence-electron chi connectivity index (χ3n) is 4.24. The first-order chi connectivity index (χ1) is 14.6. The normalized spacial score (nSPS) is 10.3. The van der Waals surface area contributed by atoms with E-state index in [1.165, 1.54) is 0 Å². The molecule has 2 aromatic rings. The minimum absolute atomic E-state index is 0.0637. The van der Waals surface area contributed by atoms with Crippen LogP contribution in [-0.4, -0.2) is 44.7 Å². The van der Waals surface area contributed by atoms with Gasteiger partial charge in [-0.15, -0.1) is 0 Å². The smallest absolute Gasteiger partial charge is 0.251 e. The Bertz CT molecular complexity index is 811. The van der Waals surface area contributed by atoms with E-state index in [1.54, 1.807) is 30.3 Å². The fraction of sp³-hybridized carbons (Fsp3) is 0.391. The van der Waals surface area contributed by atoms with Crippen LogP contribution in [0.15, 0.2) is 48.5 Å². The van der Waals surface area contributed by atoms with Crippen LogP contribution in [0, 0.1) is 0 Å². The third kappa shape index (κ3) is 8.13. The topological polar surface area (TPSA) is 88.7 Å². The maximum Gasteiger partial charge on any atom is 0.251 e. The van der Waals surface area contributed by atoms with Gasteiger partial charge in [-0.3, -0.25) is 9.59 Å². The minimum atomic E-state index is -0.214. The highest BCUT2D eigenvalue weighted by Crippen LogP contribution is 2.23. The monoisotopic (exact) mass is 413 g/mol. The highest BCUT2D eigenvalue weighted by molar-refractivity contribution is 5.96. The number of hydrogen-bond acceptors (Lipinski definition) is 5. The van der Waals surface area contributed by atoms with Crippen molar-refractivity contribution in [3.05, 3.63) is 54.1 Å². The van der Waals surface area contributed by atoms with Gasteiger partial charge in [0.15, 0.2) is 0 Å². The van der Waals surface area contributed by atoms with E-state index in [4.69, 9.17) is 9.47 Å². The Kier molecular flexibility index (Phi) is 10.2. The van der Waals surface area contributed by atoms with Gasteiger partial charge in [-0.2, -0.15) is 0 Å². The molecule has 0 bridgehead atoms. The quantitative estimate of drug-likeness (QED) is 0.436. The first-order valence-corrected chi connectivity index (χ1v) is 10.4. The van der Waals surface area contributed by atoms with E-state index < -0.39 is 0 Å². The minimum Gasteiger partial charge on any atom is -0.489 e. The molecule has 0 saturated carbocycles. The molecule has 2 rings (SSSR count). The summed E-state index contributed by atoms with van der Waals surface area (Å²) in [5.74, 6) is 0.264. The van der Waals surface area contributed by atoms with E-state index >= 15 is 0 Å². The molecule has 0 aliphatic rings. The summed E-state index contributed by atoms with van der Waals surface area (Å²) in [6, 6.07) is 14.4. The number of anilines is 2. The number of unbranched alkanes of at least 4 members (excludes halogenated alkanes) is 1. The Morgan fingerprint density at radius 1 is 1.00 bits per heavy atom. The lowest BCUT2D eigenvalue weighted by atomic mass is 10.2. The average Bonchev–Trinajstić information content (AvgIpc) is 2.76. The Morgan fingerprint density at radius 2 is 1.83 bits per heavy atom. The van der Waals surface area contributed by atoms with Crippen molar-refractivity contribution in [2.75, 3.05) is 43.5 Å². The lowest BCUT2D eigenvalue weighted by Gasteiger charge is -2.13. The van der Waals surface area contributed by atoms with Crippen LogP contribution in [0.1, 0.15) is 37.0 Å². The van der Waals surface area contributed by atoms with Crippen molar-refractivity contribution in [1.29, 1.82) is 0 Å². The van der Waals surface area contributed by atoms with Crippen molar-refractivity contribution in [2.24, 2.45) is 0 Å². The predicted molar refractivity (Wildman–Crippen MR) is 119 cm³/mol. The SMILES string of the molecule is CCCCNC(=O)c1cccc(NCC(=O)Nc2ccccc2OCCOCC)c1. The molecule has 0 aliphatic heterocycles. The molecule has 30 heavy (non-hydrogen) atoms. The zero-order valence-electron chi connectivity index (χ0n) is 17.7. The first kappa shape index (κ1) is 23.2. The van der Waals surface area contributed by atoms with Gasteiger partial charge in [-0.1, -0.05) is 31.5 Å². The average molecular weight is 414 g/mol. The Morgan fingerprint density at radius 3 is 2.63 bits per heavy atom. The molecular formula is C23H31N3O4. The Labute approximate surface area is 178 Å². The van der Waals surface area contributed by atoms with Gasteiger partial charge in [0.05, 0.1) is 18.8 Å². The number of amides is 2. The van der Waals surface area contributed by atoms with Crippen molar-refractivity contribution in [2.45, 2.75) is 26.7 Å². The Hall–Kier alpha value is -3.06. The van der Waals surface area contributed by atoms with Crippen molar-refractivity contribution in [1.82, 2.24) is 5.32 Å². The lowest BCUT2D eigenvalue weighted by molar-refractivity contribution is -0.114. The third-order valence-corrected chi connectivity index (χ3v) is 4.24. The molecule has 0 aromatic heterocycles. The van der Waals surface area contributed by atoms with Crippen molar-refractivity contribution in [3.63, 3.8) is 0 Å². The van der Waals surface area contributed by atoms with Gasteiger partial charge in [0.25, 0.3) is 5.91 Å². The zero-order valence-corrected chi connectivity index (χ0v) is 17.7. The molecule has 3 N–H and O–H groups in total. The summed E-state index contributed by atoms with van der Waals surface area (Å²) < 4.78 is 10.9. The summed E-state index contributed by atoms with van der Waals surface area (Å²) in [7, 11) is 0. The number of ether oxygens (including phenoxy) is 2. The molecule has 0 spiro atoms. The number of para-hydroxylation sites is 2. The maximum atomic E-state index is 12.4. The van der Waals surface area contributed by atoms with E-state index in [9.17, 15) is 9.59 Å². The van der Waals surface area contributed by atoms with Crippen molar-refractivity contribution in [3.8, 4) is 5.75 Å².